The molecule has 0 saturated carbocycles. The van der Waals surface area contributed by atoms with Crippen LogP contribution >= 0.6 is 0 Å². The second-order valence-electron chi connectivity index (χ2n) is 2.82. The molecule has 1 heterocycles. The van der Waals surface area contributed by atoms with Gasteiger partial charge in [-0.15, -0.1) is 0 Å². The number of nitrogens with zero attached hydrogens (tertiary/aromatic N) is 3. The van der Waals surface area contributed by atoms with Crippen LogP contribution in [0.4, 0.5) is 0 Å². The minimum atomic E-state index is -0.294. The number of benzene rings is 1. The van der Waals surface area contributed by atoms with Crippen LogP contribution in [0.1, 0.15) is 10.5 Å². The molecule has 0 bridgehead atoms. The number of nitrogens with one attached hydrogen (secondary N) is 1. The Morgan fingerprint density at radius 1 is 1.33 bits per heavy atom. The second-order valence-corrected chi connectivity index (χ2v) is 3.24. The molecule has 0 saturated heterocycles. The van der Waals surface area contributed by atoms with E-state index in [-0.39, 0.29) is 11.6 Å². The van der Waals surface area contributed by atoms with Crippen LogP contribution in [-0.4, -0.2) is 37.1 Å². The van der Waals surface area contributed by atoms with Gasteiger partial charge in [0.05, 0.1) is 0 Å². The van der Waals surface area contributed by atoms with Crippen molar-refractivity contribution >= 4 is 22.1 Å². The number of aromatic nitrogens is 3. The van der Waals surface area contributed by atoms with Crippen molar-refractivity contribution in [3.63, 3.8) is 0 Å². The van der Waals surface area contributed by atoms with Crippen molar-refractivity contribution in [3.8, 4) is 5.69 Å². The fourth-order valence-electron chi connectivity index (χ4n) is 1.13. The first-order valence-corrected chi connectivity index (χ1v) is 5.07. The molecule has 6 heteroatoms. The van der Waals surface area contributed by atoms with Crippen LogP contribution in [-0.2, 0) is 0 Å². The van der Waals surface area contributed by atoms with Crippen molar-refractivity contribution < 1.29 is 4.79 Å². The molecule has 1 N–H and O–H groups in total. The Balaban J connectivity index is 2.32. The maximum atomic E-state index is 11.2. The van der Waals surface area contributed by atoms with Gasteiger partial charge in [0, 0.05) is 0 Å². The molecule has 0 spiro atoms. The van der Waals surface area contributed by atoms with E-state index in [0.29, 0.717) is 0 Å². The standard InChI is InChI=1S/C9H7N4OSe/c14-9(11-15)8-6-13(12-10-8)7-4-2-1-3-5-7/h1-6H,(H,11,14). The van der Waals surface area contributed by atoms with Gasteiger partial charge in [-0.3, -0.25) is 0 Å². The van der Waals surface area contributed by atoms with Gasteiger partial charge in [0.1, 0.15) is 0 Å². The molecule has 15 heavy (non-hydrogen) atoms. The van der Waals surface area contributed by atoms with Crippen LogP contribution in [0.3, 0.4) is 0 Å². The fourth-order valence-corrected chi connectivity index (χ4v) is 1.35. The molecule has 1 radical (unpaired) electrons. The Morgan fingerprint density at radius 2 is 2.07 bits per heavy atom. The van der Waals surface area contributed by atoms with Crippen molar-refractivity contribution in [2.75, 3.05) is 0 Å². The third-order valence-electron chi connectivity index (χ3n) is 1.84. The molecule has 0 fully saturated rings. The third kappa shape index (κ3) is 2.06. The summed E-state index contributed by atoms with van der Waals surface area (Å²) in [6.45, 7) is 0. The van der Waals surface area contributed by atoms with Gasteiger partial charge in [0.25, 0.3) is 0 Å². The number of amides is 1. The fraction of sp³-hybridized carbons (Fsp3) is 0. The molecule has 0 aliphatic rings. The molecular formula is C9H7N4OSe. The summed E-state index contributed by atoms with van der Waals surface area (Å²) < 4.78 is 3.91. The van der Waals surface area contributed by atoms with Crippen LogP contribution in [0, 0.1) is 0 Å². The molecule has 1 amide bonds. The van der Waals surface area contributed by atoms with E-state index in [1.807, 2.05) is 30.3 Å². The zero-order chi connectivity index (χ0) is 10.7. The van der Waals surface area contributed by atoms with Gasteiger partial charge >= 0.3 is 94.2 Å². The van der Waals surface area contributed by atoms with Gasteiger partial charge in [-0.2, -0.15) is 0 Å². The van der Waals surface area contributed by atoms with Crippen LogP contribution in [0.2, 0.25) is 0 Å². The van der Waals surface area contributed by atoms with E-state index in [4.69, 9.17) is 0 Å². The number of hydrogen-bond acceptors (Lipinski definition) is 3. The van der Waals surface area contributed by atoms with Crippen LogP contribution < -0.4 is 4.33 Å². The molecule has 5 nitrogen and oxygen atoms in total. The van der Waals surface area contributed by atoms with Gasteiger partial charge in [-0.05, 0) is 0 Å². The SMILES string of the molecule is O=C(N[Se])c1cn(-c2ccccc2)nn1. The van der Waals surface area contributed by atoms with Crippen LogP contribution in [0.25, 0.3) is 5.69 Å². The number of carbonyl (C=O) groups excluding carboxylic acids is 1. The molecule has 1 aromatic carbocycles. The minimum absolute atomic E-state index is 0.276. The van der Waals surface area contributed by atoms with E-state index in [1.165, 1.54) is 0 Å². The second kappa shape index (κ2) is 4.25. The van der Waals surface area contributed by atoms with Gasteiger partial charge in [-0.25, -0.2) is 0 Å². The Hall–Kier alpha value is -1.65. The summed E-state index contributed by atoms with van der Waals surface area (Å²) in [7, 11) is 0. The predicted octanol–water partition coefficient (Wildman–Crippen LogP) is 0.0806. The van der Waals surface area contributed by atoms with Crippen LogP contribution in [0.5, 0.6) is 0 Å². The zero-order valence-corrected chi connectivity index (χ0v) is 9.34. The number of hydrogen-bond donors (Lipinski definition) is 1. The first-order chi connectivity index (χ1) is 7.31. The van der Waals surface area contributed by atoms with Crippen molar-refractivity contribution in [2.45, 2.75) is 0 Å². The predicted molar refractivity (Wildman–Crippen MR) is 54.6 cm³/mol. The first-order valence-electron chi connectivity index (χ1n) is 4.21. The van der Waals surface area contributed by atoms with E-state index in [2.05, 4.69) is 30.9 Å². The Kier molecular flexibility index (Phi) is 2.80. The summed E-state index contributed by atoms with van der Waals surface area (Å²) in [6, 6.07) is 9.46. The van der Waals surface area contributed by atoms with Gasteiger partial charge < -0.3 is 0 Å². The molecular weight excluding hydrogens is 259 g/mol. The normalized spacial score (nSPS) is 9.93. The average Bonchev–Trinajstić information content (AvgIpc) is 2.78. The van der Waals surface area contributed by atoms with Crippen molar-refractivity contribution in [3.05, 3.63) is 42.2 Å². The molecule has 0 aliphatic carbocycles. The summed E-state index contributed by atoms with van der Waals surface area (Å²) in [5.41, 5.74) is 1.14. The summed E-state index contributed by atoms with van der Waals surface area (Å²) in [6.07, 6.45) is 1.57. The van der Waals surface area contributed by atoms with Gasteiger partial charge in [0.2, 0.25) is 0 Å². The summed E-state index contributed by atoms with van der Waals surface area (Å²) in [4.78, 5) is 11.2. The van der Waals surface area contributed by atoms with E-state index in [9.17, 15) is 4.79 Å². The Labute approximate surface area is 94.5 Å². The van der Waals surface area contributed by atoms with E-state index >= 15 is 0 Å². The molecule has 0 atom stereocenters. The quantitative estimate of drug-likeness (QED) is 0.783. The third-order valence-corrected chi connectivity index (χ3v) is 2.23. The van der Waals surface area contributed by atoms with Gasteiger partial charge in [-0.1, -0.05) is 0 Å². The summed E-state index contributed by atoms with van der Waals surface area (Å²) in [5.74, 6) is -0.294. The first kappa shape index (κ1) is 9.89. The monoisotopic (exact) mass is 267 g/mol. The van der Waals surface area contributed by atoms with Gasteiger partial charge in [0.15, 0.2) is 0 Å². The molecule has 0 aliphatic heterocycles. The average molecular weight is 266 g/mol. The summed E-state index contributed by atoms with van der Waals surface area (Å²) in [5, 5.41) is 7.59. The molecule has 2 rings (SSSR count). The van der Waals surface area contributed by atoms with Crippen molar-refractivity contribution in [1.29, 1.82) is 0 Å². The number of rotatable bonds is 2. The Morgan fingerprint density at radius 3 is 2.73 bits per heavy atom. The Bertz CT molecular complexity index is 468. The van der Waals surface area contributed by atoms with E-state index in [1.54, 1.807) is 10.9 Å². The molecule has 75 valence electrons. The van der Waals surface area contributed by atoms with E-state index < -0.39 is 0 Å². The maximum absolute atomic E-state index is 11.2. The van der Waals surface area contributed by atoms with Crippen molar-refractivity contribution in [1.82, 2.24) is 19.3 Å². The van der Waals surface area contributed by atoms with E-state index in [0.717, 1.165) is 5.69 Å². The zero-order valence-electron chi connectivity index (χ0n) is 7.62. The van der Waals surface area contributed by atoms with Crippen LogP contribution in [0.15, 0.2) is 36.5 Å². The van der Waals surface area contributed by atoms with Crippen molar-refractivity contribution in [2.24, 2.45) is 0 Å². The topological polar surface area (TPSA) is 59.8 Å². The number of carbonyl (C=O) groups is 1. The molecule has 1 aromatic heterocycles. The molecule has 0 unspecified atom stereocenters. The summed E-state index contributed by atoms with van der Waals surface area (Å²) >= 11 is 2.41. The number of para-hydroxylation sites is 1. The molecule has 2 aromatic rings.